The first-order valence-electron chi connectivity index (χ1n) is 11.5. The van der Waals surface area contributed by atoms with Crippen LogP contribution in [0.3, 0.4) is 0 Å². The van der Waals surface area contributed by atoms with Crippen LogP contribution in [-0.2, 0) is 21.0 Å². The van der Waals surface area contributed by atoms with Crippen molar-refractivity contribution < 1.29 is 26.7 Å². The molecule has 0 fully saturated rings. The van der Waals surface area contributed by atoms with Crippen LogP contribution in [0.2, 0.25) is 0 Å². The van der Waals surface area contributed by atoms with Crippen molar-refractivity contribution >= 4 is 21.6 Å². The number of anilines is 1. The molecule has 0 saturated carbocycles. The minimum atomic E-state index is -3.46. The molecule has 192 valence electrons. The van der Waals surface area contributed by atoms with E-state index in [1.54, 1.807) is 33.8 Å². The second-order valence-corrected chi connectivity index (χ2v) is 12.0. The molecule has 1 unspecified atom stereocenters. The van der Waals surface area contributed by atoms with E-state index in [1.165, 1.54) is 22.9 Å². The van der Waals surface area contributed by atoms with E-state index >= 15 is 0 Å². The third kappa shape index (κ3) is 4.74. The third-order valence-corrected chi connectivity index (χ3v) is 7.17. The van der Waals surface area contributed by atoms with E-state index in [9.17, 15) is 22.0 Å². The van der Waals surface area contributed by atoms with Gasteiger partial charge in [0.1, 0.15) is 17.2 Å². The molecule has 2 aromatic heterocycles. The van der Waals surface area contributed by atoms with Crippen molar-refractivity contribution in [3.63, 3.8) is 0 Å². The van der Waals surface area contributed by atoms with Crippen LogP contribution in [0.15, 0.2) is 41.6 Å². The van der Waals surface area contributed by atoms with Crippen LogP contribution >= 0.6 is 0 Å². The molecule has 0 bridgehead atoms. The van der Waals surface area contributed by atoms with Crippen molar-refractivity contribution in [3.8, 4) is 11.3 Å². The van der Waals surface area contributed by atoms with Crippen molar-refractivity contribution in [1.82, 2.24) is 9.55 Å². The van der Waals surface area contributed by atoms with Gasteiger partial charge in [0, 0.05) is 24.9 Å². The van der Waals surface area contributed by atoms with Gasteiger partial charge in [0.05, 0.1) is 29.2 Å². The van der Waals surface area contributed by atoms with Crippen molar-refractivity contribution in [2.45, 2.75) is 57.7 Å². The summed E-state index contributed by atoms with van der Waals surface area (Å²) in [5.41, 5.74) is 1.78. The third-order valence-electron chi connectivity index (χ3n) is 6.19. The molecular formula is C26H29F2N3O4S. The summed E-state index contributed by atoms with van der Waals surface area (Å²) in [6.07, 6.45) is 2.31. The Hall–Kier alpha value is -3.27. The second-order valence-electron chi connectivity index (χ2n) is 10.0. The van der Waals surface area contributed by atoms with Gasteiger partial charge in [-0.05, 0) is 70.0 Å². The summed E-state index contributed by atoms with van der Waals surface area (Å²) < 4.78 is 60.4. The zero-order valence-corrected chi connectivity index (χ0v) is 21.9. The Morgan fingerprint density at radius 2 is 1.81 bits per heavy atom. The topological polar surface area (TPSA) is 81.5 Å². The Labute approximate surface area is 209 Å². The van der Waals surface area contributed by atoms with Crippen LogP contribution in [0.5, 0.6) is 0 Å². The van der Waals surface area contributed by atoms with E-state index in [1.807, 2.05) is 11.8 Å². The van der Waals surface area contributed by atoms with Gasteiger partial charge in [-0.3, -0.25) is 0 Å². The SMILES string of the molecule is Cc1cc(S(C)(=O)=O)ncc1N1CCc2c(cc(-c3c(F)cccc3F)n2C(=O)OC(C)(C)C)C1C. The molecule has 7 nitrogen and oxygen atoms in total. The van der Waals surface area contributed by atoms with E-state index in [0.29, 0.717) is 18.7 Å². The summed E-state index contributed by atoms with van der Waals surface area (Å²) in [6.45, 7) is 9.38. The normalized spacial score (nSPS) is 16.1. The van der Waals surface area contributed by atoms with Gasteiger partial charge in [-0.15, -0.1) is 0 Å². The number of benzene rings is 1. The molecule has 0 saturated heterocycles. The first-order valence-corrected chi connectivity index (χ1v) is 13.4. The van der Waals surface area contributed by atoms with Crippen molar-refractivity contribution in [2.75, 3.05) is 17.7 Å². The zero-order valence-electron chi connectivity index (χ0n) is 21.1. The van der Waals surface area contributed by atoms with Crippen LogP contribution in [0, 0.1) is 18.6 Å². The molecule has 0 radical (unpaired) electrons. The lowest BCUT2D eigenvalue weighted by molar-refractivity contribution is 0.0535. The summed E-state index contributed by atoms with van der Waals surface area (Å²) in [4.78, 5) is 19.4. The summed E-state index contributed by atoms with van der Waals surface area (Å²) in [5, 5.41) is -0.0116. The van der Waals surface area contributed by atoms with Gasteiger partial charge < -0.3 is 9.64 Å². The summed E-state index contributed by atoms with van der Waals surface area (Å²) >= 11 is 0. The standard InChI is InChI=1S/C26H29F2N3O4S/c1-15-12-23(36(6,33)34)29-14-22(15)30-11-10-20-17(16(30)2)13-21(24-18(27)8-7-9-19(24)28)31(20)25(32)35-26(3,4)5/h7-9,12-14,16H,10-11H2,1-6H3. The number of ether oxygens (including phenoxy) is 1. The number of aromatic nitrogens is 2. The average molecular weight is 518 g/mol. The number of aryl methyl sites for hydroxylation is 1. The predicted octanol–water partition coefficient (Wildman–Crippen LogP) is 5.45. The van der Waals surface area contributed by atoms with Crippen molar-refractivity contribution in [1.29, 1.82) is 0 Å². The molecule has 0 aliphatic carbocycles. The molecule has 3 heterocycles. The first kappa shape index (κ1) is 25.8. The Morgan fingerprint density at radius 3 is 2.36 bits per heavy atom. The monoisotopic (exact) mass is 517 g/mol. The molecule has 1 aliphatic heterocycles. The summed E-state index contributed by atoms with van der Waals surface area (Å²) in [5.74, 6) is -1.56. The van der Waals surface area contributed by atoms with Crippen molar-refractivity contribution in [3.05, 3.63) is 65.0 Å². The number of sulfone groups is 1. The quantitative estimate of drug-likeness (QED) is 0.460. The minimum absolute atomic E-state index is 0.0116. The number of hydrogen-bond acceptors (Lipinski definition) is 6. The number of fused-ring (bicyclic) bond motifs is 1. The maximum atomic E-state index is 14.8. The number of hydrogen-bond donors (Lipinski definition) is 0. The fourth-order valence-corrected chi connectivity index (χ4v) is 5.21. The molecule has 1 aliphatic rings. The molecule has 0 spiro atoms. The number of pyridine rings is 1. The number of halogens is 2. The van der Waals surface area contributed by atoms with Gasteiger partial charge in [0.15, 0.2) is 14.9 Å². The number of rotatable bonds is 3. The lowest BCUT2D eigenvalue weighted by Crippen LogP contribution is -2.36. The lowest BCUT2D eigenvalue weighted by atomic mass is 9.98. The summed E-state index contributed by atoms with van der Waals surface area (Å²) in [7, 11) is -3.46. The maximum Gasteiger partial charge on any atom is 0.419 e. The highest BCUT2D eigenvalue weighted by Gasteiger charge is 2.34. The second kappa shape index (κ2) is 8.99. The predicted molar refractivity (Wildman–Crippen MR) is 133 cm³/mol. The van der Waals surface area contributed by atoms with Gasteiger partial charge >= 0.3 is 6.09 Å². The van der Waals surface area contributed by atoms with Gasteiger partial charge in [-0.2, -0.15) is 0 Å². The van der Waals surface area contributed by atoms with Gasteiger partial charge in [0.25, 0.3) is 0 Å². The van der Waals surface area contributed by atoms with Gasteiger partial charge in [-0.1, -0.05) is 6.07 Å². The van der Waals surface area contributed by atoms with Crippen LogP contribution in [0.4, 0.5) is 19.3 Å². The fraction of sp³-hybridized carbons (Fsp3) is 0.385. The van der Waals surface area contributed by atoms with Crippen LogP contribution in [-0.4, -0.2) is 42.5 Å². The van der Waals surface area contributed by atoms with Gasteiger partial charge in [0.2, 0.25) is 0 Å². The van der Waals surface area contributed by atoms with Crippen LogP contribution in [0.1, 0.15) is 50.6 Å². The first-order chi connectivity index (χ1) is 16.7. The molecule has 36 heavy (non-hydrogen) atoms. The number of carbonyl (C=O) groups excluding carboxylic acids is 1. The largest absolute Gasteiger partial charge is 0.443 e. The molecule has 0 amide bonds. The van der Waals surface area contributed by atoms with E-state index < -0.39 is 33.2 Å². The smallest absolute Gasteiger partial charge is 0.419 e. The highest BCUT2D eigenvalue weighted by Crippen LogP contribution is 2.40. The molecule has 4 rings (SSSR count). The number of carbonyl (C=O) groups is 1. The summed E-state index contributed by atoms with van der Waals surface area (Å²) in [6, 6.07) is 6.44. The number of nitrogens with zero attached hydrogens (tertiary/aromatic N) is 3. The minimum Gasteiger partial charge on any atom is -0.443 e. The molecule has 1 atom stereocenters. The fourth-order valence-electron chi connectivity index (χ4n) is 4.57. The van der Waals surface area contributed by atoms with Gasteiger partial charge in [-0.25, -0.2) is 31.5 Å². The van der Waals surface area contributed by atoms with Crippen LogP contribution in [0.25, 0.3) is 11.3 Å². The van der Waals surface area contributed by atoms with E-state index in [-0.39, 0.29) is 22.3 Å². The molecule has 10 heteroatoms. The average Bonchev–Trinajstić information content (AvgIpc) is 3.12. The molecule has 1 aromatic carbocycles. The zero-order chi connectivity index (χ0) is 26.6. The Morgan fingerprint density at radius 1 is 1.17 bits per heavy atom. The maximum absolute atomic E-state index is 14.8. The van der Waals surface area contributed by atoms with Crippen LogP contribution < -0.4 is 4.90 Å². The van der Waals surface area contributed by atoms with Crippen molar-refractivity contribution in [2.24, 2.45) is 0 Å². The Balaban J connectivity index is 1.85. The van der Waals surface area contributed by atoms with E-state index in [4.69, 9.17) is 4.74 Å². The Bertz CT molecular complexity index is 1440. The molecule has 3 aromatic rings. The Kier molecular flexibility index (Phi) is 6.45. The lowest BCUT2D eigenvalue weighted by Gasteiger charge is -2.36. The van der Waals surface area contributed by atoms with E-state index in [2.05, 4.69) is 4.98 Å². The molecular weight excluding hydrogens is 488 g/mol. The van der Waals surface area contributed by atoms with E-state index in [0.717, 1.165) is 35.2 Å². The highest BCUT2D eigenvalue weighted by atomic mass is 32.2. The molecule has 0 N–H and O–H groups in total. The highest BCUT2D eigenvalue weighted by molar-refractivity contribution is 7.90.